The van der Waals surface area contributed by atoms with E-state index in [1.807, 2.05) is 19.1 Å². The van der Waals surface area contributed by atoms with Crippen LogP contribution >= 0.6 is 0 Å². The Balaban J connectivity index is 4.03. The van der Waals surface area contributed by atoms with Gasteiger partial charge in [-0.3, -0.25) is 4.79 Å². The van der Waals surface area contributed by atoms with E-state index in [2.05, 4.69) is 0 Å². The van der Waals surface area contributed by atoms with Crippen molar-refractivity contribution in [1.82, 2.24) is 0 Å². The number of allylic oxidation sites excluding steroid dienone is 8. The number of hydrogen-bond acceptors (Lipinski definition) is 4. The Morgan fingerprint density at radius 1 is 0.815 bits per heavy atom. The molecule has 3 unspecified atom stereocenters. The molecule has 5 heteroatoms. The second-order valence-corrected chi connectivity index (χ2v) is 5.92. The van der Waals surface area contributed by atoms with Gasteiger partial charge in [0.25, 0.3) is 0 Å². The van der Waals surface area contributed by atoms with Crippen LogP contribution in [0.2, 0.25) is 0 Å². The molecule has 0 spiro atoms. The van der Waals surface area contributed by atoms with Crippen LogP contribution in [0.15, 0.2) is 72.9 Å². The van der Waals surface area contributed by atoms with E-state index in [-0.39, 0.29) is 6.42 Å². The van der Waals surface area contributed by atoms with E-state index in [9.17, 15) is 20.1 Å². The number of hydrogen-bond donors (Lipinski definition) is 4. The normalized spacial score (nSPS) is 16.6. The Hall–Kier alpha value is -2.21. The molecule has 0 saturated heterocycles. The van der Waals surface area contributed by atoms with E-state index in [1.165, 1.54) is 6.08 Å². The molecule has 150 valence electrons. The molecule has 0 aromatic rings. The summed E-state index contributed by atoms with van der Waals surface area (Å²) in [5, 5.41) is 37.7. The number of rotatable bonds is 14. The summed E-state index contributed by atoms with van der Waals surface area (Å²) in [6, 6.07) is 0. The standard InChI is InChI=1S/C22H32O5/c1-2-3-9-16-20(24)21(25)17-12-7-5-4-6-10-14-19(23)15-11-8-13-18-22(26)27/h3-12,14,17,19-21,23-25H,2,13,15-16,18H2,1H3,(H,26,27). The van der Waals surface area contributed by atoms with Crippen molar-refractivity contribution in [3.8, 4) is 0 Å². The Morgan fingerprint density at radius 2 is 1.41 bits per heavy atom. The van der Waals surface area contributed by atoms with Crippen molar-refractivity contribution in [2.75, 3.05) is 0 Å². The molecule has 0 aliphatic heterocycles. The molecule has 0 aliphatic rings. The van der Waals surface area contributed by atoms with Crippen LogP contribution in [0.1, 0.15) is 39.0 Å². The van der Waals surface area contributed by atoms with Gasteiger partial charge in [-0.2, -0.15) is 0 Å². The van der Waals surface area contributed by atoms with Crippen molar-refractivity contribution in [2.45, 2.75) is 57.3 Å². The summed E-state index contributed by atoms with van der Waals surface area (Å²) in [6.07, 6.45) is 21.0. The Kier molecular flexibility index (Phi) is 15.8. The van der Waals surface area contributed by atoms with E-state index in [1.54, 1.807) is 54.7 Å². The van der Waals surface area contributed by atoms with Crippen LogP contribution in [0.4, 0.5) is 0 Å². The zero-order valence-electron chi connectivity index (χ0n) is 15.9. The van der Waals surface area contributed by atoms with Crippen LogP contribution in [-0.4, -0.2) is 44.7 Å². The number of aliphatic hydroxyl groups excluding tert-OH is 3. The molecular formula is C22H32O5. The average Bonchev–Trinajstić information content (AvgIpc) is 2.63. The van der Waals surface area contributed by atoms with Gasteiger partial charge < -0.3 is 20.4 Å². The third kappa shape index (κ3) is 17.0. The van der Waals surface area contributed by atoms with E-state index >= 15 is 0 Å². The fraction of sp³-hybridized carbons (Fsp3) is 0.409. The molecule has 0 fully saturated rings. The zero-order valence-corrected chi connectivity index (χ0v) is 15.9. The van der Waals surface area contributed by atoms with Gasteiger partial charge in [0.05, 0.1) is 18.3 Å². The second kappa shape index (κ2) is 17.2. The molecule has 0 bridgehead atoms. The molecule has 0 heterocycles. The Morgan fingerprint density at radius 3 is 2.04 bits per heavy atom. The molecule has 4 N–H and O–H groups in total. The summed E-state index contributed by atoms with van der Waals surface area (Å²) in [5.41, 5.74) is 0. The van der Waals surface area contributed by atoms with Gasteiger partial charge in [0.1, 0.15) is 0 Å². The highest BCUT2D eigenvalue weighted by Crippen LogP contribution is 2.03. The molecule has 0 saturated carbocycles. The minimum Gasteiger partial charge on any atom is -0.481 e. The van der Waals surface area contributed by atoms with Gasteiger partial charge in [0.15, 0.2) is 0 Å². The highest BCUT2D eigenvalue weighted by molar-refractivity contribution is 5.66. The number of carbonyl (C=O) groups is 1. The molecule has 3 atom stereocenters. The van der Waals surface area contributed by atoms with Crippen molar-refractivity contribution in [2.24, 2.45) is 0 Å². The van der Waals surface area contributed by atoms with Crippen molar-refractivity contribution >= 4 is 5.97 Å². The predicted molar refractivity (Wildman–Crippen MR) is 109 cm³/mol. The molecule has 5 nitrogen and oxygen atoms in total. The fourth-order valence-electron chi connectivity index (χ4n) is 1.94. The fourth-order valence-corrected chi connectivity index (χ4v) is 1.94. The minimum atomic E-state index is -0.904. The Bertz CT molecular complexity index is 555. The molecule has 0 rings (SSSR count). The van der Waals surface area contributed by atoms with Crippen LogP contribution in [0.3, 0.4) is 0 Å². The largest absolute Gasteiger partial charge is 0.481 e. The van der Waals surface area contributed by atoms with Crippen molar-refractivity contribution in [3.05, 3.63) is 72.9 Å². The molecule has 0 aromatic carbocycles. The third-order valence-electron chi connectivity index (χ3n) is 3.44. The van der Waals surface area contributed by atoms with E-state index < -0.39 is 24.3 Å². The lowest BCUT2D eigenvalue weighted by Crippen LogP contribution is -2.22. The molecule has 27 heavy (non-hydrogen) atoms. The van der Waals surface area contributed by atoms with Crippen LogP contribution < -0.4 is 0 Å². The van der Waals surface area contributed by atoms with Gasteiger partial charge in [-0.1, -0.05) is 79.8 Å². The average molecular weight is 376 g/mol. The van der Waals surface area contributed by atoms with Gasteiger partial charge >= 0.3 is 5.97 Å². The van der Waals surface area contributed by atoms with Gasteiger partial charge in [0, 0.05) is 6.42 Å². The molecule has 0 radical (unpaired) electrons. The minimum absolute atomic E-state index is 0.0951. The Labute approximate surface area is 162 Å². The van der Waals surface area contributed by atoms with Crippen LogP contribution in [0.5, 0.6) is 0 Å². The first-order chi connectivity index (χ1) is 13.0. The lowest BCUT2D eigenvalue weighted by Gasteiger charge is -2.11. The third-order valence-corrected chi connectivity index (χ3v) is 3.44. The maximum atomic E-state index is 10.3. The molecule has 0 aliphatic carbocycles. The van der Waals surface area contributed by atoms with E-state index in [4.69, 9.17) is 5.11 Å². The molecular weight excluding hydrogens is 344 g/mol. The number of carboxylic acid groups (broad SMARTS) is 1. The first-order valence-electron chi connectivity index (χ1n) is 9.21. The predicted octanol–water partition coefficient (Wildman–Crippen LogP) is 3.46. The summed E-state index contributed by atoms with van der Waals surface area (Å²) in [7, 11) is 0. The topological polar surface area (TPSA) is 98.0 Å². The van der Waals surface area contributed by atoms with Crippen LogP contribution in [-0.2, 0) is 4.79 Å². The highest BCUT2D eigenvalue weighted by atomic mass is 16.4. The smallest absolute Gasteiger partial charge is 0.303 e. The van der Waals surface area contributed by atoms with Gasteiger partial charge in [-0.15, -0.1) is 0 Å². The monoisotopic (exact) mass is 376 g/mol. The summed E-state index contributed by atoms with van der Waals surface area (Å²) >= 11 is 0. The number of carboxylic acids is 1. The van der Waals surface area contributed by atoms with E-state index in [0.717, 1.165) is 6.42 Å². The van der Waals surface area contributed by atoms with Crippen molar-refractivity contribution < 1.29 is 25.2 Å². The van der Waals surface area contributed by atoms with Gasteiger partial charge in [0.2, 0.25) is 0 Å². The maximum Gasteiger partial charge on any atom is 0.303 e. The second-order valence-electron chi connectivity index (χ2n) is 5.92. The summed E-state index contributed by atoms with van der Waals surface area (Å²) in [4.78, 5) is 10.3. The van der Waals surface area contributed by atoms with E-state index in [0.29, 0.717) is 19.3 Å². The quantitative estimate of drug-likeness (QED) is 0.275. The van der Waals surface area contributed by atoms with Crippen molar-refractivity contribution in [1.29, 1.82) is 0 Å². The highest BCUT2D eigenvalue weighted by Gasteiger charge is 2.10. The maximum absolute atomic E-state index is 10.3. The lowest BCUT2D eigenvalue weighted by atomic mass is 10.1. The first-order valence-corrected chi connectivity index (χ1v) is 9.21. The van der Waals surface area contributed by atoms with Gasteiger partial charge in [-0.25, -0.2) is 0 Å². The molecule has 0 amide bonds. The number of aliphatic carboxylic acids is 1. The SMILES string of the molecule is CCC=CCC(O)C(O)C=CC=CC=CC=CC(O)CC=CCCC(=O)O. The van der Waals surface area contributed by atoms with Crippen LogP contribution in [0.25, 0.3) is 0 Å². The first kappa shape index (κ1) is 24.8. The zero-order chi connectivity index (χ0) is 20.3. The summed E-state index contributed by atoms with van der Waals surface area (Å²) < 4.78 is 0. The summed E-state index contributed by atoms with van der Waals surface area (Å²) in [5.74, 6) is -0.831. The van der Waals surface area contributed by atoms with Gasteiger partial charge in [-0.05, 0) is 25.7 Å². The van der Waals surface area contributed by atoms with Crippen LogP contribution in [0, 0.1) is 0 Å². The number of aliphatic hydroxyl groups is 3. The molecule has 0 aromatic heterocycles. The van der Waals surface area contributed by atoms with Crippen molar-refractivity contribution in [3.63, 3.8) is 0 Å². The lowest BCUT2D eigenvalue weighted by molar-refractivity contribution is -0.136. The summed E-state index contributed by atoms with van der Waals surface area (Å²) in [6.45, 7) is 2.01.